The van der Waals surface area contributed by atoms with Crippen molar-refractivity contribution in [2.45, 2.75) is 0 Å². The van der Waals surface area contributed by atoms with Crippen LogP contribution in [0.4, 0.5) is 0 Å². The number of hydrogen-bond donors (Lipinski definition) is 1. The Hall–Kier alpha value is -0.950. The van der Waals surface area contributed by atoms with E-state index in [4.69, 9.17) is 25.5 Å². The van der Waals surface area contributed by atoms with Crippen molar-refractivity contribution in [1.29, 1.82) is 0 Å². The van der Waals surface area contributed by atoms with E-state index in [1.807, 2.05) is 0 Å². The minimum absolute atomic E-state index is 0.0791. The van der Waals surface area contributed by atoms with Gasteiger partial charge in [0.05, 0.1) is 11.9 Å². The number of carboxylic acids is 2. The van der Waals surface area contributed by atoms with Gasteiger partial charge < -0.3 is 39.9 Å². The number of carbonyl (C=O) groups is 2. The van der Waals surface area contributed by atoms with Gasteiger partial charge in [-0.2, -0.15) is 0 Å². The molecular formula is C4H6NO7P-4. The zero-order chi connectivity index (χ0) is 11.1. The van der Waals surface area contributed by atoms with Crippen molar-refractivity contribution < 1.29 is 34.2 Å². The minimum atomic E-state index is -4.29. The molecule has 13 heavy (non-hydrogen) atoms. The summed E-state index contributed by atoms with van der Waals surface area (Å²) in [5.74, 6) is -4.37. The van der Waals surface area contributed by atoms with Crippen LogP contribution in [-0.4, -0.2) is 24.6 Å². The van der Waals surface area contributed by atoms with Crippen LogP contribution in [0.1, 0.15) is 0 Å². The standard InChI is InChI=1S/C2H8NO3P.C2H2O4/c3-1-2-7(4,5)6;3-1(4)2(5)6/h1-3H2,(H2,4,5,6);(H,3,4)(H,5,6)/p-4. The van der Waals surface area contributed by atoms with Gasteiger partial charge in [-0.25, -0.2) is 0 Å². The second-order valence-corrected chi connectivity index (χ2v) is 3.37. The van der Waals surface area contributed by atoms with E-state index in [9.17, 15) is 14.4 Å². The molecule has 0 aliphatic heterocycles. The van der Waals surface area contributed by atoms with Gasteiger partial charge in [-0.1, -0.05) is 7.60 Å². The lowest BCUT2D eigenvalue weighted by molar-refractivity contribution is -0.345. The average Bonchev–Trinajstić information content (AvgIpc) is 1.85. The van der Waals surface area contributed by atoms with Crippen molar-refractivity contribution in [2.75, 3.05) is 12.7 Å². The summed E-state index contributed by atoms with van der Waals surface area (Å²) in [4.78, 5) is 37.1. The second-order valence-electron chi connectivity index (χ2n) is 1.70. The molecule has 0 unspecified atom stereocenters. The summed E-state index contributed by atoms with van der Waals surface area (Å²) < 4.78 is 9.62. The molecular weight excluding hydrogens is 205 g/mol. The van der Waals surface area contributed by atoms with Crippen LogP contribution in [0.2, 0.25) is 0 Å². The molecule has 78 valence electrons. The molecule has 8 nitrogen and oxygen atoms in total. The van der Waals surface area contributed by atoms with E-state index < -0.39 is 25.7 Å². The molecule has 0 heterocycles. The van der Waals surface area contributed by atoms with Crippen molar-refractivity contribution in [1.82, 2.24) is 0 Å². The van der Waals surface area contributed by atoms with Crippen LogP contribution in [0.5, 0.6) is 0 Å². The van der Waals surface area contributed by atoms with Gasteiger partial charge in [-0.05, 0) is 12.7 Å². The molecule has 0 aromatic rings. The highest BCUT2D eigenvalue weighted by atomic mass is 31.2. The van der Waals surface area contributed by atoms with Gasteiger partial charge in [0.2, 0.25) is 0 Å². The van der Waals surface area contributed by atoms with Crippen LogP contribution in [0.15, 0.2) is 0 Å². The molecule has 0 fully saturated rings. The van der Waals surface area contributed by atoms with Gasteiger partial charge >= 0.3 is 0 Å². The fourth-order valence-electron chi connectivity index (χ4n) is 0.158. The van der Waals surface area contributed by atoms with Crippen LogP contribution in [0.25, 0.3) is 0 Å². The van der Waals surface area contributed by atoms with Crippen LogP contribution >= 0.6 is 7.60 Å². The molecule has 0 amide bonds. The lowest BCUT2D eigenvalue weighted by atomic mass is 10.7. The van der Waals surface area contributed by atoms with E-state index in [1.54, 1.807) is 0 Å². The maximum atomic E-state index is 9.62. The van der Waals surface area contributed by atoms with E-state index in [0.29, 0.717) is 0 Å². The number of nitrogens with two attached hydrogens (primary N) is 1. The third-order valence-corrected chi connectivity index (χ3v) is 1.38. The first-order chi connectivity index (χ1) is 5.70. The van der Waals surface area contributed by atoms with Gasteiger partial charge in [-0.3, -0.25) is 0 Å². The Bertz CT molecular complexity index is 209. The molecule has 0 aliphatic carbocycles. The molecule has 0 rings (SSSR count). The van der Waals surface area contributed by atoms with Gasteiger partial charge in [0.25, 0.3) is 0 Å². The average molecular weight is 211 g/mol. The SMILES string of the molecule is NCCP(=O)([O-])[O-].O=C([O-])C(=O)[O-]. The highest BCUT2D eigenvalue weighted by Crippen LogP contribution is 2.19. The quantitative estimate of drug-likeness (QED) is 0.347. The van der Waals surface area contributed by atoms with E-state index in [0.717, 1.165) is 0 Å². The Balaban J connectivity index is 0. The first kappa shape index (κ1) is 14.6. The lowest BCUT2D eigenvalue weighted by Crippen LogP contribution is -2.42. The topological polar surface area (TPSA) is 169 Å². The summed E-state index contributed by atoms with van der Waals surface area (Å²) in [6.07, 6.45) is -0.438. The zero-order valence-electron chi connectivity index (χ0n) is 6.30. The number of aliphatic carboxylic acids is 2. The minimum Gasteiger partial charge on any atom is -0.811 e. The third-order valence-electron chi connectivity index (χ3n) is 0.570. The Labute approximate surface area is 73.1 Å². The molecule has 9 heteroatoms. The number of rotatable bonds is 2. The Kier molecular flexibility index (Phi) is 7.34. The molecule has 2 N–H and O–H groups in total. The van der Waals surface area contributed by atoms with Crippen LogP contribution in [0, 0.1) is 0 Å². The summed E-state index contributed by atoms with van der Waals surface area (Å²) in [6.45, 7) is -0.0791. The molecule has 0 saturated heterocycles. The zero-order valence-corrected chi connectivity index (χ0v) is 7.19. The van der Waals surface area contributed by atoms with E-state index in [1.165, 1.54) is 0 Å². The van der Waals surface area contributed by atoms with E-state index in [-0.39, 0.29) is 6.54 Å². The largest absolute Gasteiger partial charge is 0.811 e. The monoisotopic (exact) mass is 211 g/mol. The number of hydrogen-bond acceptors (Lipinski definition) is 8. The molecule has 0 aromatic heterocycles. The normalized spacial score (nSPS) is 9.77. The predicted octanol–water partition coefficient (Wildman–Crippen LogP) is -5.65. The van der Waals surface area contributed by atoms with Gasteiger partial charge in [0.15, 0.2) is 0 Å². The van der Waals surface area contributed by atoms with Gasteiger partial charge in [0, 0.05) is 0 Å². The molecule has 0 aromatic carbocycles. The van der Waals surface area contributed by atoms with Crippen LogP contribution in [-0.2, 0) is 14.2 Å². The maximum absolute atomic E-state index is 9.62. The third kappa shape index (κ3) is 18.2. The number of carbonyl (C=O) groups excluding carboxylic acids is 2. The lowest BCUT2D eigenvalue weighted by Gasteiger charge is -2.28. The summed E-state index contributed by atoms with van der Waals surface area (Å²) in [5.41, 5.74) is 4.74. The van der Waals surface area contributed by atoms with Crippen LogP contribution < -0.4 is 25.7 Å². The summed E-state index contributed by atoms with van der Waals surface area (Å²) >= 11 is 0. The van der Waals surface area contributed by atoms with Crippen molar-refractivity contribution in [3.8, 4) is 0 Å². The highest BCUT2D eigenvalue weighted by molar-refractivity contribution is 7.48. The van der Waals surface area contributed by atoms with Crippen molar-refractivity contribution in [2.24, 2.45) is 5.73 Å². The Morgan fingerprint density at radius 2 is 1.46 bits per heavy atom. The first-order valence-electron chi connectivity index (χ1n) is 2.84. The highest BCUT2D eigenvalue weighted by Gasteiger charge is 1.83. The van der Waals surface area contributed by atoms with E-state index in [2.05, 4.69) is 0 Å². The van der Waals surface area contributed by atoms with Crippen molar-refractivity contribution in [3.63, 3.8) is 0 Å². The maximum Gasteiger partial charge on any atom is 0.0870 e. The molecule has 0 radical (unpaired) electrons. The van der Waals surface area contributed by atoms with Gasteiger partial charge in [0.1, 0.15) is 0 Å². The molecule has 0 aliphatic rings. The fraction of sp³-hybridized carbons (Fsp3) is 0.500. The van der Waals surface area contributed by atoms with Crippen LogP contribution in [0.3, 0.4) is 0 Å². The fourth-order valence-corrected chi connectivity index (χ4v) is 0.474. The van der Waals surface area contributed by atoms with Crippen molar-refractivity contribution >= 4 is 19.5 Å². The molecule has 0 atom stereocenters. The summed E-state index contributed by atoms with van der Waals surface area (Å²) in [5, 5.41) is 17.9. The van der Waals surface area contributed by atoms with E-state index >= 15 is 0 Å². The first-order valence-corrected chi connectivity index (χ1v) is 4.57. The Morgan fingerprint density at radius 1 is 1.15 bits per heavy atom. The summed E-state index contributed by atoms with van der Waals surface area (Å²) in [6, 6.07) is 0. The molecule has 0 saturated carbocycles. The Morgan fingerprint density at radius 3 is 1.46 bits per heavy atom. The number of carboxylic acid groups (broad SMARTS) is 2. The smallest absolute Gasteiger partial charge is 0.0870 e. The van der Waals surface area contributed by atoms with Gasteiger partial charge in [-0.15, -0.1) is 0 Å². The second kappa shape index (κ2) is 6.55. The molecule has 0 spiro atoms. The molecule has 0 bridgehead atoms. The summed E-state index contributed by atoms with van der Waals surface area (Å²) in [7, 11) is -4.29. The predicted molar refractivity (Wildman–Crippen MR) is 31.5 cm³/mol. The van der Waals surface area contributed by atoms with Crippen molar-refractivity contribution in [3.05, 3.63) is 0 Å².